The molecule has 0 unspecified atom stereocenters. The second-order valence-electron chi connectivity index (χ2n) is 15.9. The van der Waals surface area contributed by atoms with Gasteiger partial charge in [-0.3, -0.25) is 24.1 Å². The third kappa shape index (κ3) is 5.47. The van der Waals surface area contributed by atoms with Crippen LogP contribution in [0.1, 0.15) is 119 Å². The van der Waals surface area contributed by atoms with Gasteiger partial charge in [-0.25, -0.2) is 4.90 Å². The van der Waals surface area contributed by atoms with E-state index in [0.717, 1.165) is 119 Å². The highest BCUT2D eigenvalue weighted by Gasteiger charge is 2.39. The first kappa shape index (κ1) is 36.3. The van der Waals surface area contributed by atoms with E-state index in [1.165, 1.54) is 16.6 Å². The van der Waals surface area contributed by atoms with Crippen LogP contribution in [0.25, 0.3) is 65.3 Å². The Hall–Kier alpha value is -6.06. The molecule has 3 heterocycles. The zero-order valence-electron chi connectivity index (χ0n) is 32.6. The van der Waals surface area contributed by atoms with Crippen LogP contribution >= 0.6 is 11.7 Å². The van der Waals surface area contributed by atoms with Crippen LogP contribution in [0.5, 0.6) is 0 Å². The molecule has 10 rings (SSSR count). The van der Waals surface area contributed by atoms with Crippen molar-refractivity contribution in [2.75, 3.05) is 4.90 Å². The molecule has 0 saturated carbocycles. The molecule has 58 heavy (non-hydrogen) atoms. The summed E-state index contributed by atoms with van der Waals surface area (Å²) in [4.78, 5) is 60.6. The van der Waals surface area contributed by atoms with Crippen molar-refractivity contribution < 1.29 is 19.2 Å². The van der Waals surface area contributed by atoms with E-state index in [1.807, 2.05) is 78.9 Å². The van der Waals surface area contributed by atoms with E-state index in [-0.39, 0.29) is 29.7 Å². The molecular formula is C49H42N4O4S. The van der Waals surface area contributed by atoms with Crippen LogP contribution in [0.15, 0.2) is 91.0 Å². The minimum Gasteiger partial charge on any atom is -0.271 e. The molecule has 0 atom stereocenters. The van der Waals surface area contributed by atoms with Gasteiger partial charge in [0.15, 0.2) is 0 Å². The van der Waals surface area contributed by atoms with Gasteiger partial charge in [0, 0.05) is 44.6 Å². The van der Waals surface area contributed by atoms with Crippen LogP contribution < -0.4 is 4.90 Å². The lowest BCUT2D eigenvalue weighted by Gasteiger charge is -2.35. The number of unbranched alkanes of at least 4 members (excludes halogenated alkanes) is 6. The first-order valence-electron chi connectivity index (χ1n) is 20.7. The van der Waals surface area contributed by atoms with E-state index in [2.05, 4.69) is 22.6 Å². The van der Waals surface area contributed by atoms with E-state index in [0.29, 0.717) is 38.7 Å². The smallest absolute Gasteiger partial charge is 0.265 e. The van der Waals surface area contributed by atoms with Crippen LogP contribution in [0.4, 0.5) is 5.69 Å². The van der Waals surface area contributed by atoms with Crippen molar-refractivity contribution in [3.63, 3.8) is 0 Å². The molecule has 0 saturated heterocycles. The maximum absolute atomic E-state index is 14.5. The number of fused-ring (bicyclic) bond motifs is 3. The molecule has 8 nitrogen and oxygen atoms in total. The summed E-state index contributed by atoms with van der Waals surface area (Å²) >= 11 is 1.17. The highest BCUT2D eigenvalue weighted by atomic mass is 32.1. The summed E-state index contributed by atoms with van der Waals surface area (Å²) in [7, 11) is 0. The zero-order valence-corrected chi connectivity index (χ0v) is 33.5. The number of nitrogens with zero attached hydrogens (tertiary/aromatic N) is 4. The second-order valence-corrected chi connectivity index (χ2v) is 16.4. The van der Waals surface area contributed by atoms with Crippen molar-refractivity contribution in [3.8, 4) is 11.1 Å². The van der Waals surface area contributed by atoms with Gasteiger partial charge in [0.1, 0.15) is 11.0 Å². The number of rotatable bonds is 13. The van der Waals surface area contributed by atoms with Gasteiger partial charge in [-0.05, 0) is 93.2 Å². The molecule has 288 valence electrons. The normalized spacial score (nSPS) is 14.3. The predicted octanol–water partition coefficient (Wildman–Crippen LogP) is 12.1. The number of benzene rings is 7. The van der Waals surface area contributed by atoms with Gasteiger partial charge < -0.3 is 0 Å². The van der Waals surface area contributed by atoms with Crippen molar-refractivity contribution in [2.45, 2.75) is 84.1 Å². The van der Waals surface area contributed by atoms with E-state index in [9.17, 15) is 19.2 Å². The third-order valence-corrected chi connectivity index (χ3v) is 13.1. The highest BCUT2D eigenvalue weighted by Crippen LogP contribution is 2.47. The second kappa shape index (κ2) is 14.4. The quantitative estimate of drug-likeness (QED) is 0.0499. The van der Waals surface area contributed by atoms with E-state index < -0.39 is 0 Å². The summed E-state index contributed by atoms with van der Waals surface area (Å²) in [5.41, 5.74) is 6.00. The Balaban J connectivity index is 1.05. The van der Waals surface area contributed by atoms with Crippen LogP contribution in [-0.2, 0) is 0 Å². The van der Waals surface area contributed by atoms with Gasteiger partial charge in [-0.15, -0.1) is 0 Å². The van der Waals surface area contributed by atoms with Gasteiger partial charge in [0.05, 0.1) is 17.4 Å². The van der Waals surface area contributed by atoms with Crippen molar-refractivity contribution >= 4 is 95.2 Å². The van der Waals surface area contributed by atoms with Crippen LogP contribution in [-0.4, -0.2) is 43.3 Å². The summed E-state index contributed by atoms with van der Waals surface area (Å²) in [6.07, 6.45) is 10.4. The first-order valence-corrected chi connectivity index (χ1v) is 21.4. The lowest BCUT2D eigenvalue weighted by molar-refractivity contribution is 0.0516. The van der Waals surface area contributed by atoms with E-state index in [4.69, 9.17) is 0 Å². The lowest BCUT2D eigenvalue weighted by atomic mass is 9.82. The van der Waals surface area contributed by atoms with Crippen molar-refractivity contribution in [1.29, 1.82) is 0 Å². The molecule has 0 radical (unpaired) electrons. The molecule has 0 N–H and O–H groups in total. The number of carbonyl (C=O) groups excluding carboxylic acids is 4. The molecule has 0 aliphatic carbocycles. The molecule has 0 fully saturated rings. The molecule has 0 bridgehead atoms. The van der Waals surface area contributed by atoms with Gasteiger partial charge in [-0.2, -0.15) is 8.75 Å². The zero-order chi connectivity index (χ0) is 39.7. The standard InChI is InChI=1S/C49H42N4O4S/c1-3-5-7-9-12-29(13-10-8-6-4-2)52-46(54)36-24-20-32-34-22-26-38-44-39(27-23-35(42(34)44)33-21-25-37(47(52)55)43(36)41(32)33)49(57)53(48(38)56)30-18-16-28(17-19-30)31-14-11-15-40-45(31)51-58-50-40/h11,14-27,29H,3-10,12-13H2,1-2H3. The summed E-state index contributed by atoms with van der Waals surface area (Å²) in [6.45, 7) is 4.39. The van der Waals surface area contributed by atoms with Crippen LogP contribution in [0.2, 0.25) is 0 Å². The van der Waals surface area contributed by atoms with E-state index in [1.54, 1.807) is 17.0 Å². The number of imide groups is 2. The molecule has 7 aromatic carbocycles. The maximum Gasteiger partial charge on any atom is 0.265 e. The Bertz CT molecular complexity index is 2850. The molecule has 2 aliphatic rings. The largest absolute Gasteiger partial charge is 0.271 e. The van der Waals surface area contributed by atoms with Gasteiger partial charge >= 0.3 is 0 Å². The molecular weight excluding hydrogens is 741 g/mol. The molecule has 4 amide bonds. The van der Waals surface area contributed by atoms with Gasteiger partial charge in [0.2, 0.25) is 0 Å². The summed E-state index contributed by atoms with van der Waals surface area (Å²) in [5, 5.41) is 6.56. The molecule has 2 aliphatic heterocycles. The fraction of sp³-hybridized carbons (Fsp3) is 0.265. The topological polar surface area (TPSA) is 101 Å². The lowest BCUT2D eigenvalue weighted by Crippen LogP contribution is -2.47. The fourth-order valence-corrected chi connectivity index (χ4v) is 10.2. The van der Waals surface area contributed by atoms with Crippen molar-refractivity contribution in [1.82, 2.24) is 13.6 Å². The van der Waals surface area contributed by atoms with Crippen LogP contribution in [0.3, 0.4) is 0 Å². The number of aromatic nitrogens is 2. The van der Waals surface area contributed by atoms with Crippen LogP contribution in [0, 0.1) is 0 Å². The molecule has 0 spiro atoms. The number of carbonyl (C=O) groups is 4. The molecule has 8 aromatic rings. The Labute approximate surface area is 340 Å². The third-order valence-electron chi connectivity index (χ3n) is 12.5. The monoisotopic (exact) mass is 782 g/mol. The van der Waals surface area contributed by atoms with E-state index >= 15 is 0 Å². The maximum atomic E-state index is 14.5. The minimum atomic E-state index is -0.383. The van der Waals surface area contributed by atoms with Crippen molar-refractivity contribution in [3.05, 3.63) is 113 Å². The molecule has 1 aromatic heterocycles. The fourth-order valence-electron chi connectivity index (χ4n) is 9.70. The first-order chi connectivity index (χ1) is 28.4. The summed E-state index contributed by atoms with van der Waals surface area (Å²) < 4.78 is 8.83. The number of hydrogen-bond donors (Lipinski definition) is 0. The average molecular weight is 783 g/mol. The Morgan fingerprint density at radius 1 is 0.500 bits per heavy atom. The summed E-state index contributed by atoms with van der Waals surface area (Å²) in [6, 6.07) is 28.4. The SMILES string of the molecule is CCCCCCC(CCCCCC)N1C(=O)c2ccc3c4ccc5c6c(ccc(c7ccc(c2c37)C1=O)c64)C(=O)N(c1ccc(-c2cccc3nsnc23)cc1)C5=O. The number of anilines is 1. The Morgan fingerprint density at radius 3 is 1.50 bits per heavy atom. The number of amides is 4. The average Bonchev–Trinajstić information content (AvgIpc) is 3.74. The number of hydrogen-bond acceptors (Lipinski definition) is 7. The Kier molecular flexibility index (Phi) is 9.01. The van der Waals surface area contributed by atoms with Gasteiger partial charge in [0.25, 0.3) is 23.6 Å². The minimum absolute atomic E-state index is 0.135. The highest BCUT2D eigenvalue weighted by molar-refractivity contribution is 7.00. The van der Waals surface area contributed by atoms with Crippen molar-refractivity contribution in [2.24, 2.45) is 0 Å². The predicted molar refractivity (Wildman–Crippen MR) is 233 cm³/mol. The van der Waals surface area contributed by atoms with Gasteiger partial charge in [-0.1, -0.05) is 114 Å². The Morgan fingerprint density at radius 2 is 1.00 bits per heavy atom. The summed E-state index contributed by atoms with van der Waals surface area (Å²) in [5.74, 6) is -1.19. The molecule has 9 heteroatoms.